The molecule has 1 heterocycles. The molecule has 5 nitrogen and oxygen atoms in total. The minimum absolute atomic E-state index is 0.386. The summed E-state index contributed by atoms with van der Waals surface area (Å²) in [6, 6.07) is 1.75. The number of H-pyrrole nitrogens is 1. The number of nitrogens with zero attached hydrogens (tertiary/aromatic N) is 1. The number of aromatic nitrogens is 1. The van der Waals surface area contributed by atoms with E-state index in [-0.39, 0.29) is 0 Å². The molecule has 1 aliphatic carbocycles. The van der Waals surface area contributed by atoms with Crippen LogP contribution in [0.1, 0.15) is 45.2 Å². The van der Waals surface area contributed by atoms with E-state index in [1.54, 1.807) is 16.6 Å². The zero-order valence-electron chi connectivity index (χ0n) is 13.1. The van der Waals surface area contributed by atoms with Gasteiger partial charge in [-0.2, -0.15) is 4.31 Å². The third-order valence-electron chi connectivity index (χ3n) is 4.14. The molecule has 0 amide bonds. The molecule has 1 aromatic heterocycles. The molecule has 0 radical (unpaired) electrons. The summed E-state index contributed by atoms with van der Waals surface area (Å²) in [5.74, 6) is 0.546. The molecule has 1 aliphatic rings. The Balaban J connectivity index is 2.02. The van der Waals surface area contributed by atoms with Gasteiger partial charge in [0, 0.05) is 31.5 Å². The minimum atomic E-state index is -3.36. The molecular formula is C15H27N3O2S. The van der Waals surface area contributed by atoms with Gasteiger partial charge < -0.3 is 10.3 Å². The van der Waals surface area contributed by atoms with E-state index in [1.165, 1.54) is 6.42 Å². The molecule has 0 aliphatic heterocycles. The first-order chi connectivity index (χ1) is 10.1. The van der Waals surface area contributed by atoms with E-state index < -0.39 is 10.0 Å². The smallest absolute Gasteiger partial charge is 0.244 e. The van der Waals surface area contributed by atoms with Gasteiger partial charge in [0.1, 0.15) is 0 Å². The molecule has 0 saturated heterocycles. The number of aromatic amines is 1. The van der Waals surface area contributed by atoms with Gasteiger partial charge >= 0.3 is 0 Å². The topological polar surface area (TPSA) is 65.2 Å². The molecule has 1 fully saturated rings. The molecule has 1 saturated carbocycles. The fourth-order valence-electron chi connectivity index (χ4n) is 2.58. The van der Waals surface area contributed by atoms with Gasteiger partial charge in [-0.05, 0) is 37.8 Å². The molecular weight excluding hydrogens is 286 g/mol. The molecule has 0 atom stereocenters. The highest BCUT2D eigenvalue weighted by molar-refractivity contribution is 7.89. The number of hydrogen-bond donors (Lipinski definition) is 2. The Morgan fingerprint density at radius 2 is 2.14 bits per heavy atom. The van der Waals surface area contributed by atoms with Gasteiger partial charge in [-0.25, -0.2) is 8.42 Å². The van der Waals surface area contributed by atoms with Gasteiger partial charge in [0.2, 0.25) is 10.0 Å². The fourth-order valence-corrected chi connectivity index (χ4v) is 4.12. The van der Waals surface area contributed by atoms with E-state index >= 15 is 0 Å². The first kappa shape index (κ1) is 16.5. The molecule has 2 rings (SSSR count). The predicted octanol–water partition coefficient (Wildman–Crippen LogP) is 2.32. The average molecular weight is 313 g/mol. The standard InChI is InChI=1S/C15H27N3O2S/c1-3-8-16-10-14-9-15(11-17-14)21(19,20)18(4-2)12-13-6-5-7-13/h9,11,13,16-17H,3-8,10,12H2,1-2H3. The Morgan fingerprint density at radius 3 is 2.71 bits per heavy atom. The molecule has 2 N–H and O–H groups in total. The normalized spacial score (nSPS) is 16.3. The predicted molar refractivity (Wildman–Crippen MR) is 84.6 cm³/mol. The van der Waals surface area contributed by atoms with E-state index in [1.807, 2.05) is 6.92 Å². The van der Waals surface area contributed by atoms with Crippen molar-refractivity contribution in [2.24, 2.45) is 5.92 Å². The average Bonchev–Trinajstić information content (AvgIpc) is 2.87. The molecule has 21 heavy (non-hydrogen) atoms. The maximum absolute atomic E-state index is 12.7. The lowest BCUT2D eigenvalue weighted by atomic mass is 9.85. The second-order valence-corrected chi connectivity index (χ2v) is 7.73. The highest BCUT2D eigenvalue weighted by Gasteiger charge is 2.29. The molecule has 1 aromatic rings. The van der Waals surface area contributed by atoms with Gasteiger partial charge in [0.15, 0.2) is 0 Å². The van der Waals surface area contributed by atoms with Crippen LogP contribution in [0.4, 0.5) is 0 Å². The van der Waals surface area contributed by atoms with Crippen molar-refractivity contribution in [2.45, 2.75) is 51.0 Å². The van der Waals surface area contributed by atoms with Crippen molar-refractivity contribution in [1.29, 1.82) is 0 Å². The minimum Gasteiger partial charge on any atom is -0.363 e. The van der Waals surface area contributed by atoms with E-state index in [0.717, 1.165) is 31.5 Å². The summed E-state index contributed by atoms with van der Waals surface area (Å²) in [5.41, 5.74) is 0.918. The second kappa shape index (κ2) is 7.42. The Morgan fingerprint density at radius 1 is 1.38 bits per heavy atom. The van der Waals surface area contributed by atoms with Crippen molar-refractivity contribution in [2.75, 3.05) is 19.6 Å². The zero-order chi connectivity index (χ0) is 15.3. The fraction of sp³-hybridized carbons (Fsp3) is 0.733. The van der Waals surface area contributed by atoms with Crippen LogP contribution in [-0.2, 0) is 16.6 Å². The van der Waals surface area contributed by atoms with Crippen LogP contribution in [0, 0.1) is 5.92 Å². The zero-order valence-corrected chi connectivity index (χ0v) is 13.9. The number of nitrogens with one attached hydrogen (secondary N) is 2. The first-order valence-corrected chi connectivity index (χ1v) is 9.40. The summed E-state index contributed by atoms with van der Waals surface area (Å²) in [5, 5.41) is 3.27. The van der Waals surface area contributed by atoms with E-state index in [9.17, 15) is 8.42 Å². The van der Waals surface area contributed by atoms with Crippen molar-refractivity contribution in [3.63, 3.8) is 0 Å². The Kier molecular flexibility index (Phi) is 5.84. The van der Waals surface area contributed by atoms with Gasteiger partial charge in [-0.1, -0.05) is 20.3 Å². The number of rotatable bonds is 9. The Hall–Kier alpha value is -0.850. The number of sulfonamides is 1. The monoisotopic (exact) mass is 313 g/mol. The molecule has 0 bridgehead atoms. The highest BCUT2D eigenvalue weighted by atomic mass is 32.2. The Bertz CT molecular complexity index is 535. The van der Waals surface area contributed by atoms with Crippen LogP contribution in [0.25, 0.3) is 0 Å². The third-order valence-corrected chi connectivity index (χ3v) is 6.05. The van der Waals surface area contributed by atoms with Crippen LogP contribution < -0.4 is 5.32 Å². The first-order valence-electron chi connectivity index (χ1n) is 7.96. The molecule has 6 heteroatoms. The van der Waals surface area contributed by atoms with Crippen molar-refractivity contribution in [1.82, 2.24) is 14.6 Å². The maximum atomic E-state index is 12.7. The quantitative estimate of drug-likeness (QED) is 0.688. The lowest BCUT2D eigenvalue weighted by Crippen LogP contribution is -2.37. The van der Waals surface area contributed by atoms with Crippen LogP contribution in [0.2, 0.25) is 0 Å². The lowest BCUT2D eigenvalue weighted by molar-refractivity contribution is 0.250. The van der Waals surface area contributed by atoms with E-state index in [0.29, 0.717) is 30.4 Å². The summed E-state index contributed by atoms with van der Waals surface area (Å²) in [6.45, 7) is 6.83. The lowest BCUT2D eigenvalue weighted by Gasteiger charge is -2.30. The van der Waals surface area contributed by atoms with E-state index in [4.69, 9.17) is 0 Å². The largest absolute Gasteiger partial charge is 0.363 e. The molecule has 0 unspecified atom stereocenters. The SMILES string of the molecule is CCCNCc1cc(S(=O)(=O)N(CC)CC2CCC2)c[nH]1. The molecule has 120 valence electrons. The summed E-state index contributed by atoms with van der Waals surface area (Å²) >= 11 is 0. The van der Waals surface area contributed by atoms with E-state index in [2.05, 4.69) is 17.2 Å². The van der Waals surface area contributed by atoms with Gasteiger partial charge in [0.05, 0.1) is 4.90 Å². The number of hydrogen-bond acceptors (Lipinski definition) is 3. The summed E-state index contributed by atoms with van der Waals surface area (Å²) in [7, 11) is -3.36. The molecule has 0 aromatic carbocycles. The summed E-state index contributed by atoms with van der Waals surface area (Å²) in [6.07, 6.45) is 6.23. The van der Waals surface area contributed by atoms with Crippen LogP contribution in [-0.4, -0.2) is 37.3 Å². The molecule has 0 spiro atoms. The van der Waals surface area contributed by atoms with Gasteiger partial charge in [-0.3, -0.25) is 0 Å². The van der Waals surface area contributed by atoms with Crippen LogP contribution in [0.15, 0.2) is 17.2 Å². The maximum Gasteiger partial charge on any atom is 0.244 e. The van der Waals surface area contributed by atoms with Crippen molar-refractivity contribution in [3.05, 3.63) is 18.0 Å². The van der Waals surface area contributed by atoms with Crippen LogP contribution in [0.5, 0.6) is 0 Å². The van der Waals surface area contributed by atoms with Crippen molar-refractivity contribution >= 4 is 10.0 Å². The van der Waals surface area contributed by atoms with Gasteiger partial charge in [0.25, 0.3) is 0 Å². The Labute approximate surface area is 128 Å². The van der Waals surface area contributed by atoms with Crippen molar-refractivity contribution < 1.29 is 8.42 Å². The highest BCUT2D eigenvalue weighted by Crippen LogP contribution is 2.29. The summed E-state index contributed by atoms with van der Waals surface area (Å²) in [4.78, 5) is 3.45. The van der Waals surface area contributed by atoms with Gasteiger partial charge in [-0.15, -0.1) is 0 Å². The summed E-state index contributed by atoms with van der Waals surface area (Å²) < 4.78 is 26.9. The van der Waals surface area contributed by atoms with Crippen molar-refractivity contribution in [3.8, 4) is 0 Å². The van der Waals surface area contributed by atoms with Crippen LogP contribution >= 0.6 is 0 Å². The van der Waals surface area contributed by atoms with Crippen LogP contribution in [0.3, 0.4) is 0 Å². The second-order valence-electron chi connectivity index (χ2n) is 5.79. The third kappa shape index (κ3) is 4.08.